The van der Waals surface area contributed by atoms with E-state index in [-0.39, 0.29) is 18.6 Å². The Morgan fingerprint density at radius 2 is 2.36 bits per heavy atom. The van der Waals surface area contributed by atoms with Crippen molar-refractivity contribution in [3.63, 3.8) is 0 Å². The summed E-state index contributed by atoms with van der Waals surface area (Å²) in [7, 11) is 0. The predicted octanol–water partition coefficient (Wildman–Crippen LogP) is 0.121. The van der Waals surface area contributed by atoms with Crippen molar-refractivity contribution in [2.24, 2.45) is 5.73 Å². The molecule has 1 unspecified atom stereocenters. The standard InChI is InChI=1S/C10H20N2O2/c1-3-5-12(6-7-13)10(14)8-9(11)4-2/h3,9,13H,1,4-8,11H2,2H3. The predicted molar refractivity (Wildman–Crippen MR) is 56.7 cm³/mol. The Hall–Kier alpha value is -0.870. The number of hydrogen-bond donors (Lipinski definition) is 2. The van der Waals surface area contributed by atoms with Crippen LogP contribution >= 0.6 is 0 Å². The zero-order valence-electron chi connectivity index (χ0n) is 8.78. The SMILES string of the molecule is C=CCN(CCO)C(=O)CC(N)CC. The molecule has 0 saturated carbocycles. The number of aliphatic hydroxyl groups excluding tert-OH is 1. The summed E-state index contributed by atoms with van der Waals surface area (Å²) in [5.41, 5.74) is 5.67. The first-order valence-corrected chi connectivity index (χ1v) is 4.90. The summed E-state index contributed by atoms with van der Waals surface area (Å²) in [6.07, 6.45) is 2.77. The van der Waals surface area contributed by atoms with Gasteiger partial charge in [0.2, 0.25) is 5.91 Å². The topological polar surface area (TPSA) is 66.6 Å². The Morgan fingerprint density at radius 1 is 1.71 bits per heavy atom. The largest absolute Gasteiger partial charge is 0.395 e. The third kappa shape index (κ3) is 4.99. The average molecular weight is 200 g/mol. The van der Waals surface area contributed by atoms with Crippen LogP contribution in [0.1, 0.15) is 19.8 Å². The molecule has 82 valence electrons. The van der Waals surface area contributed by atoms with Crippen molar-refractivity contribution in [3.05, 3.63) is 12.7 Å². The van der Waals surface area contributed by atoms with Crippen LogP contribution in [-0.2, 0) is 4.79 Å². The van der Waals surface area contributed by atoms with E-state index in [2.05, 4.69) is 6.58 Å². The summed E-state index contributed by atoms with van der Waals surface area (Å²) in [6.45, 7) is 6.29. The van der Waals surface area contributed by atoms with Crippen LogP contribution in [-0.4, -0.2) is 41.7 Å². The molecule has 4 nitrogen and oxygen atoms in total. The molecule has 0 bridgehead atoms. The first-order chi connectivity index (χ1) is 6.65. The van der Waals surface area contributed by atoms with Crippen molar-refractivity contribution >= 4 is 5.91 Å². The second kappa shape index (κ2) is 7.53. The lowest BCUT2D eigenvalue weighted by atomic mass is 10.1. The molecule has 1 atom stereocenters. The minimum absolute atomic E-state index is 0.0201. The number of carbonyl (C=O) groups is 1. The zero-order chi connectivity index (χ0) is 11.0. The van der Waals surface area contributed by atoms with Gasteiger partial charge in [-0.2, -0.15) is 0 Å². The molecule has 0 radical (unpaired) electrons. The van der Waals surface area contributed by atoms with Crippen LogP contribution in [0.2, 0.25) is 0 Å². The molecule has 4 heteroatoms. The second-order valence-corrected chi connectivity index (χ2v) is 3.22. The number of nitrogens with two attached hydrogens (primary N) is 1. The quantitative estimate of drug-likeness (QED) is 0.574. The Bertz CT molecular complexity index is 183. The second-order valence-electron chi connectivity index (χ2n) is 3.22. The fourth-order valence-corrected chi connectivity index (χ4v) is 1.09. The van der Waals surface area contributed by atoms with E-state index in [1.165, 1.54) is 0 Å². The fraction of sp³-hybridized carbons (Fsp3) is 0.700. The van der Waals surface area contributed by atoms with E-state index in [1.807, 2.05) is 6.92 Å². The lowest BCUT2D eigenvalue weighted by Gasteiger charge is -2.21. The minimum atomic E-state index is -0.0893. The van der Waals surface area contributed by atoms with Crippen LogP contribution in [0.4, 0.5) is 0 Å². The van der Waals surface area contributed by atoms with Crippen LogP contribution in [0.25, 0.3) is 0 Å². The van der Waals surface area contributed by atoms with Crippen LogP contribution in [0.15, 0.2) is 12.7 Å². The molecule has 0 saturated heterocycles. The monoisotopic (exact) mass is 200 g/mol. The van der Waals surface area contributed by atoms with Gasteiger partial charge in [0.05, 0.1) is 6.61 Å². The van der Waals surface area contributed by atoms with Crippen molar-refractivity contribution in [1.29, 1.82) is 0 Å². The normalized spacial score (nSPS) is 12.2. The third-order valence-electron chi connectivity index (χ3n) is 2.03. The highest BCUT2D eigenvalue weighted by atomic mass is 16.3. The average Bonchev–Trinajstić information content (AvgIpc) is 2.17. The number of carbonyl (C=O) groups excluding carboxylic acids is 1. The van der Waals surface area contributed by atoms with Gasteiger partial charge in [0.25, 0.3) is 0 Å². The summed E-state index contributed by atoms with van der Waals surface area (Å²) in [5, 5.41) is 8.74. The molecule has 0 aliphatic rings. The molecule has 0 fully saturated rings. The number of rotatable bonds is 7. The molecule has 0 aliphatic heterocycles. The molecule has 0 aromatic carbocycles. The Morgan fingerprint density at radius 3 is 2.79 bits per heavy atom. The maximum Gasteiger partial charge on any atom is 0.224 e. The molecule has 0 rings (SSSR count). The maximum atomic E-state index is 11.6. The van der Waals surface area contributed by atoms with E-state index >= 15 is 0 Å². The highest BCUT2D eigenvalue weighted by molar-refractivity contribution is 5.76. The zero-order valence-corrected chi connectivity index (χ0v) is 8.78. The molecular formula is C10H20N2O2. The fourth-order valence-electron chi connectivity index (χ4n) is 1.09. The van der Waals surface area contributed by atoms with Gasteiger partial charge in [0, 0.05) is 25.6 Å². The lowest BCUT2D eigenvalue weighted by Crippen LogP contribution is -2.37. The summed E-state index contributed by atoms with van der Waals surface area (Å²) >= 11 is 0. The van der Waals surface area contributed by atoms with Gasteiger partial charge in [-0.25, -0.2) is 0 Å². The van der Waals surface area contributed by atoms with E-state index in [1.54, 1.807) is 11.0 Å². The highest BCUT2D eigenvalue weighted by Gasteiger charge is 2.14. The highest BCUT2D eigenvalue weighted by Crippen LogP contribution is 2.00. The number of aliphatic hydroxyl groups is 1. The smallest absolute Gasteiger partial charge is 0.224 e. The van der Waals surface area contributed by atoms with Crippen LogP contribution in [0, 0.1) is 0 Å². The molecular weight excluding hydrogens is 180 g/mol. The summed E-state index contributed by atoms with van der Waals surface area (Å²) < 4.78 is 0. The van der Waals surface area contributed by atoms with Crippen molar-refractivity contribution in [2.45, 2.75) is 25.8 Å². The molecule has 3 N–H and O–H groups in total. The van der Waals surface area contributed by atoms with Gasteiger partial charge >= 0.3 is 0 Å². The first-order valence-electron chi connectivity index (χ1n) is 4.90. The van der Waals surface area contributed by atoms with Crippen molar-refractivity contribution in [2.75, 3.05) is 19.7 Å². The lowest BCUT2D eigenvalue weighted by molar-refractivity contribution is -0.131. The Balaban J connectivity index is 4.06. The van der Waals surface area contributed by atoms with Gasteiger partial charge in [0.15, 0.2) is 0 Å². The summed E-state index contributed by atoms with van der Waals surface area (Å²) in [4.78, 5) is 13.1. The minimum Gasteiger partial charge on any atom is -0.395 e. The molecule has 0 heterocycles. The first kappa shape index (κ1) is 13.1. The molecule has 1 amide bonds. The van der Waals surface area contributed by atoms with E-state index in [4.69, 9.17) is 10.8 Å². The van der Waals surface area contributed by atoms with Gasteiger partial charge in [-0.1, -0.05) is 13.0 Å². The number of nitrogens with zero attached hydrogens (tertiary/aromatic N) is 1. The number of amides is 1. The number of hydrogen-bond acceptors (Lipinski definition) is 3. The molecule has 0 aromatic heterocycles. The van der Waals surface area contributed by atoms with Gasteiger partial charge in [-0.3, -0.25) is 4.79 Å². The molecule has 14 heavy (non-hydrogen) atoms. The van der Waals surface area contributed by atoms with Gasteiger partial charge in [0.1, 0.15) is 0 Å². The Labute approximate surface area is 85.4 Å². The van der Waals surface area contributed by atoms with Crippen LogP contribution < -0.4 is 5.73 Å². The van der Waals surface area contributed by atoms with Crippen molar-refractivity contribution in [1.82, 2.24) is 4.90 Å². The molecule has 0 aromatic rings. The van der Waals surface area contributed by atoms with Crippen molar-refractivity contribution in [3.8, 4) is 0 Å². The summed E-state index contributed by atoms with van der Waals surface area (Å²) in [5.74, 6) is -0.0201. The van der Waals surface area contributed by atoms with Crippen LogP contribution in [0.3, 0.4) is 0 Å². The van der Waals surface area contributed by atoms with Crippen LogP contribution in [0.5, 0.6) is 0 Å². The molecule has 0 spiro atoms. The summed E-state index contributed by atoms with van der Waals surface area (Å²) in [6, 6.07) is -0.0893. The van der Waals surface area contributed by atoms with E-state index in [0.717, 1.165) is 6.42 Å². The van der Waals surface area contributed by atoms with Crippen molar-refractivity contribution < 1.29 is 9.90 Å². The maximum absolute atomic E-state index is 11.6. The van der Waals surface area contributed by atoms with E-state index in [9.17, 15) is 4.79 Å². The van der Waals surface area contributed by atoms with Gasteiger partial charge in [-0.05, 0) is 6.42 Å². The van der Waals surface area contributed by atoms with E-state index < -0.39 is 0 Å². The van der Waals surface area contributed by atoms with E-state index in [0.29, 0.717) is 19.5 Å². The van der Waals surface area contributed by atoms with Gasteiger partial charge in [-0.15, -0.1) is 6.58 Å². The molecule has 0 aliphatic carbocycles. The third-order valence-corrected chi connectivity index (χ3v) is 2.03. The van der Waals surface area contributed by atoms with Gasteiger partial charge < -0.3 is 15.7 Å². The Kier molecular flexibility index (Phi) is 7.06.